The van der Waals surface area contributed by atoms with Gasteiger partial charge in [0.1, 0.15) is 18.1 Å². The van der Waals surface area contributed by atoms with Crippen LogP contribution in [0, 0.1) is 0 Å². The molecule has 1 amide bonds. The van der Waals surface area contributed by atoms with Gasteiger partial charge >= 0.3 is 0 Å². The molecule has 0 aliphatic heterocycles. The van der Waals surface area contributed by atoms with E-state index in [2.05, 4.69) is 10.6 Å². The highest BCUT2D eigenvalue weighted by atomic mass is 16.4. The number of furan rings is 1. The van der Waals surface area contributed by atoms with Crippen LogP contribution in [-0.2, 0) is 17.9 Å². The lowest BCUT2D eigenvalue weighted by atomic mass is 10.4. The molecule has 0 saturated carbocycles. The van der Waals surface area contributed by atoms with Crippen LogP contribution in [0.4, 0.5) is 0 Å². The number of rotatable bonds is 6. The molecule has 0 fully saturated rings. The van der Waals surface area contributed by atoms with E-state index < -0.39 is 0 Å². The number of amides is 1. The van der Waals surface area contributed by atoms with E-state index >= 15 is 0 Å². The minimum atomic E-state index is -0.101. The van der Waals surface area contributed by atoms with Crippen LogP contribution in [0.25, 0.3) is 0 Å². The van der Waals surface area contributed by atoms with Crippen LogP contribution in [0.5, 0.6) is 0 Å². The van der Waals surface area contributed by atoms with Crippen LogP contribution in [0.15, 0.2) is 16.5 Å². The Labute approximate surface area is 88.5 Å². The van der Waals surface area contributed by atoms with Crippen LogP contribution in [0.1, 0.15) is 18.4 Å². The number of likely N-dealkylation sites (N-methyl/N-ethyl adjacent to an activating group) is 1. The van der Waals surface area contributed by atoms with Crippen molar-refractivity contribution in [3.8, 4) is 0 Å². The molecular weight excluding hydrogens is 196 g/mol. The Morgan fingerprint density at radius 3 is 2.80 bits per heavy atom. The first-order valence-electron chi connectivity index (χ1n) is 4.92. The summed E-state index contributed by atoms with van der Waals surface area (Å²) in [4.78, 5) is 11.1. The molecule has 0 spiro atoms. The molecule has 1 aromatic rings. The lowest BCUT2D eigenvalue weighted by Crippen LogP contribution is -2.33. The minimum Gasteiger partial charge on any atom is -0.462 e. The number of carbonyl (C=O) groups is 1. The van der Waals surface area contributed by atoms with Crippen LogP contribution in [0.3, 0.4) is 0 Å². The normalized spacial score (nSPS) is 10.3. The Balaban J connectivity index is 2.22. The summed E-state index contributed by atoms with van der Waals surface area (Å²) in [7, 11) is 0. The summed E-state index contributed by atoms with van der Waals surface area (Å²) in [5.74, 6) is 1.21. The van der Waals surface area contributed by atoms with E-state index in [1.54, 1.807) is 12.1 Å². The fourth-order valence-electron chi connectivity index (χ4n) is 1.16. The van der Waals surface area contributed by atoms with Gasteiger partial charge in [-0.25, -0.2) is 0 Å². The molecule has 0 radical (unpaired) electrons. The summed E-state index contributed by atoms with van der Waals surface area (Å²) in [6.07, 6.45) is 0. The average molecular weight is 212 g/mol. The van der Waals surface area contributed by atoms with Crippen molar-refractivity contribution in [1.29, 1.82) is 0 Å². The average Bonchev–Trinajstić information content (AvgIpc) is 2.66. The Morgan fingerprint density at radius 2 is 2.20 bits per heavy atom. The first-order chi connectivity index (χ1) is 7.26. The standard InChI is InChI=1S/C10H16N2O3/c1-2-12-10(14)6-11-5-8-3-4-9(7-13)15-8/h3-4,11,13H,2,5-7H2,1H3,(H,12,14). The maximum absolute atomic E-state index is 11.1. The van der Waals surface area contributed by atoms with Crippen LogP contribution in [0.2, 0.25) is 0 Å². The predicted molar refractivity (Wildman–Crippen MR) is 55.0 cm³/mol. The molecular formula is C10H16N2O3. The van der Waals surface area contributed by atoms with E-state index in [1.807, 2.05) is 6.92 Å². The van der Waals surface area contributed by atoms with Crippen LogP contribution < -0.4 is 10.6 Å². The molecule has 0 aliphatic carbocycles. The summed E-state index contributed by atoms with van der Waals surface area (Å²) in [6, 6.07) is 3.49. The van der Waals surface area contributed by atoms with Crippen molar-refractivity contribution in [2.24, 2.45) is 0 Å². The van der Waals surface area contributed by atoms with Crippen molar-refractivity contribution in [3.63, 3.8) is 0 Å². The van der Waals surface area contributed by atoms with Gasteiger partial charge in [0.2, 0.25) is 5.91 Å². The van der Waals surface area contributed by atoms with Gasteiger partial charge in [0.25, 0.3) is 0 Å². The first-order valence-corrected chi connectivity index (χ1v) is 4.92. The minimum absolute atomic E-state index is 0.0357. The van der Waals surface area contributed by atoms with Gasteiger partial charge in [0.05, 0.1) is 13.1 Å². The SMILES string of the molecule is CCNC(=O)CNCc1ccc(CO)o1. The summed E-state index contributed by atoms with van der Waals surface area (Å²) < 4.78 is 5.23. The molecule has 15 heavy (non-hydrogen) atoms. The van der Waals surface area contributed by atoms with Gasteiger partial charge in [-0.05, 0) is 19.1 Å². The molecule has 0 aromatic carbocycles. The number of carbonyl (C=O) groups excluding carboxylic acids is 1. The van der Waals surface area contributed by atoms with Crippen molar-refractivity contribution < 1.29 is 14.3 Å². The van der Waals surface area contributed by atoms with Gasteiger partial charge < -0.3 is 20.2 Å². The Hall–Kier alpha value is -1.33. The lowest BCUT2D eigenvalue weighted by molar-refractivity contribution is -0.120. The maximum Gasteiger partial charge on any atom is 0.233 e. The molecule has 3 N–H and O–H groups in total. The van der Waals surface area contributed by atoms with Gasteiger partial charge in [-0.1, -0.05) is 0 Å². The first kappa shape index (κ1) is 11.7. The summed E-state index contributed by atoms with van der Waals surface area (Å²) >= 11 is 0. The Bertz CT molecular complexity index is 309. The van der Waals surface area contributed by atoms with E-state index in [0.29, 0.717) is 24.6 Å². The fourth-order valence-corrected chi connectivity index (χ4v) is 1.16. The van der Waals surface area contributed by atoms with E-state index in [0.717, 1.165) is 0 Å². The topological polar surface area (TPSA) is 74.5 Å². The molecule has 0 saturated heterocycles. The van der Waals surface area contributed by atoms with Gasteiger partial charge in [0, 0.05) is 6.54 Å². The smallest absolute Gasteiger partial charge is 0.233 e. The zero-order valence-electron chi connectivity index (χ0n) is 8.75. The van der Waals surface area contributed by atoms with Crippen molar-refractivity contribution in [1.82, 2.24) is 10.6 Å². The number of hydrogen-bond acceptors (Lipinski definition) is 4. The Kier molecular flexibility index (Phi) is 4.86. The van der Waals surface area contributed by atoms with Crippen LogP contribution >= 0.6 is 0 Å². The summed E-state index contributed by atoms with van der Waals surface area (Å²) in [6.45, 7) is 3.16. The van der Waals surface area contributed by atoms with E-state index in [-0.39, 0.29) is 19.1 Å². The van der Waals surface area contributed by atoms with Crippen molar-refractivity contribution in [2.45, 2.75) is 20.1 Å². The molecule has 5 heteroatoms. The van der Waals surface area contributed by atoms with E-state index in [4.69, 9.17) is 9.52 Å². The van der Waals surface area contributed by atoms with E-state index in [1.165, 1.54) is 0 Å². The third kappa shape index (κ3) is 4.14. The highest BCUT2D eigenvalue weighted by Crippen LogP contribution is 2.06. The highest BCUT2D eigenvalue weighted by molar-refractivity contribution is 5.77. The molecule has 0 unspecified atom stereocenters. The second kappa shape index (κ2) is 6.21. The second-order valence-corrected chi connectivity index (χ2v) is 3.08. The fraction of sp³-hybridized carbons (Fsp3) is 0.500. The predicted octanol–water partition coefficient (Wildman–Crippen LogP) is -0.00240. The number of aliphatic hydroxyl groups excluding tert-OH is 1. The molecule has 1 aromatic heterocycles. The quantitative estimate of drug-likeness (QED) is 0.620. The van der Waals surface area contributed by atoms with Crippen LogP contribution in [-0.4, -0.2) is 24.1 Å². The Morgan fingerprint density at radius 1 is 1.47 bits per heavy atom. The second-order valence-electron chi connectivity index (χ2n) is 3.08. The third-order valence-electron chi connectivity index (χ3n) is 1.83. The van der Waals surface area contributed by atoms with Crippen molar-refractivity contribution in [3.05, 3.63) is 23.7 Å². The van der Waals surface area contributed by atoms with Crippen molar-refractivity contribution in [2.75, 3.05) is 13.1 Å². The van der Waals surface area contributed by atoms with Gasteiger partial charge in [-0.15, -0.1) is 0 Å². The van der Waals surface area contributed by atoms with Gasteiger partial charge in [0.15, 0.2) is 0 Å². The summed E-state index contributed by atoms with van der Waals surface area (Å²) in [5, 5.41) is 14.4. The molecule has 0 atom stereocenters. The molecule has 1 heterocycles. The number of nitrogens with one attached hydrogen (secondary N) is 2. The molecule has 0 aliphatic rings. The highest BCUT2D eigenvalue weighted by Gasteiger charge is 2.02. The molecule has 0 bridgehead atoms. The monoisotopic (exact) mass is 212 g/mol. The lowest BCUT2D eigenvalue weighted by Gasteiger charge is -2.02. The number of hydrogen-bond donors (Lipinski definition) is 3. The molecule has 1 rings (SSSR count). The summed E-state index contributed by atoms with van der Waals surface area (Å²) in [5.41, 5.74) is 0. The largest absolute Gasteiger partial charge is 0.462 e. The zero-order valence-corrected chi connectivity index (χ0v) is 8.75. The van der Waals surface area contributed by atoms with Gasteiger partial charge in [-0.3, -0.25) is 4.79 Å². The van der Waals surface area contributed by atoms with E-state index in [9.17, 15) is 4.79 Å². The number of aliphatic hydroxyl groups is 1. The third-order valence-corrected chi connectivity index (χ3v) is 1.83. The maximum atomic E-state index is 11.1. The molecule has 5 nitrogen and oxygen atoms in total. The van der Waals surface area contributed by atoms with Gasteiger partial charge in [-0.2, -0.15) is 0 Å². The zero-order chi connectivity index (χ0) is 11.1. The van der Waals surface area contributed by atoms with Crippen molar-refractivity contribution >= 4 is 5.91 Å². The molecule has 84 valence electrons.